The molecule has 4 heteroatoms. The van der Waals surface area contributed by atoms with Gasteiger partial charge in [-0.05, 0) is 49.2 Å². The Labute approximate surface area is 126 Å². The number of hydrogen-bond donors (Lipinski definition) is 1. The van der Waals surface area contributed by atoms with Crippen molar-refractivity contribution in [3.8, 4) is 0 Å². The minimum atomic E-state index is -0.529. The Kier molecular flexibility index (Phi) is 5.26. The Morgan fingerprint density at radius 1 is 1.10 bits per heavy atom. The van der Waals surface area contributed by atoms with Crippen LogP contribution < -0.4 is 5.32 Å². The van der Waals surface area contributed by atoms with Crippen molar-refractivity contribution in [3.05, 3.63) is 69.7 Å². The molecule has 2 aromatic carbocycles. The summed E-state index contributed by atoms with van der Waals surface area (Å²) in [4.78, 5) is 0. The van der Waals surface area contributed by atoms with Gasteiger partial charge in [0.1, 0.15) is 11.6 Å². The molecular weight excluding hydrogens is 324 g/mol. The molecule has 0 aliphatic heterocycles. The lowest BCUT2D eigenvalue weighted by molar-refractivity contribution is 0.562. The van der Waals surface area contributed by atoms with Gasteiger partial charge in [-0.3, -0.25) is 0 Å². The van der Waals surface area contributed by atoms with Crippen molar-refractivity contribution in [2.75, 3.05) is 6.54 Å². The SMILES string of the molecule is CC(NCCc1cc(F)cc(F)c1)c1ccccc1Br. The Bertz CT molecular complexity index is 566. The van der Waals surface area contributed by atoms with E-state index in [0.717, 1.165) is 16.1 Å². The first-order chi connectivity index (χ1) is 9.56. The number of hydrogen-bond acceptors (Lipinski definition) is 1. The summed E-state index contributed by atoms with van der Waals surface area (Å²) in [5.74, 6) is -1.06. The molecule has 1 N–H and O–H groups in total. The van der Waals surface area contributed by atoms with Gasteiger partial charge in [-0.1, -0.05) is 34.1 Å². The van der Waals surface area contributed by atoms with Crippen molar-refractivity contribution in [1.29, 1.82) is 0 Å². The molecule has 0 heterocycles. The molecule has 0 saturated heterocycles. The average Bonchev–Trinajstić information content (AvgIpc) is 2.38. The van der Waals surface area contributed by atoms with Gasteiger partial charge in [0.05, 0.1) is 0 Å². The van der Waals surface area contributed by atoms with Gasteiger partial charge in [0, 0.05) is 16.6 Å². The summed E-state index contributed by atoms with van der Waals surface area (Å²) in [7, 11) is 0. The van der Waals surface area contributed by atoms with Crippen LogP contribution in [0.5, 0.6) is 0 Å². The lowest BCUT2D eigenvalue weighted by Crippen LogP contribution is -2.21. The summed E-state index contributed by atoms with van der Waals surface area (Å²) >= 11 is 3.51. The molecule has 2 rings (SSSR count). The van der Waals surface area contributed by atoms with E-state index in [1.807, 2.05) is 24.3 Å². The summed E-state index contributed by atoms with van der Waals surface area (Å²) in [6.07, 6.45) is 0.587. The van der Waals surface area contributed by atoms with Crippen LogP contribution in [0.15, 0.2) is 46.9 Å². The van der Waals surface area contributed by atoms with Crippen molar-refractivity contribution in [3.63, 3.8) is 0 Å². The third-order valence-electron chi connectivity index (χ3n) is 3.16. The fourth-order valence-corrected chi connectivity index (χ4v) is 2.75. The van der Waals surface area contributed by atoms with Crippen LogP contribution in [0, 0.1) is 11.6 Å². The molecular formula is C16H16BrF2N. The van der Waals surface area contributed by atoms with E-state index in [1.165, 1.54) is 12.1 Å². The quantitative estimate of drug-likeness (QED) is 0.837. The molecule has 0 spiro atoms. The van der Waals surface area contributed by atoms with E-state index in [1.54, 1.807) is 0 Å². The van der Waals surface area contributed by atoms with Crippen LogP contribution in [-0.4, -0.2) is 6.54 Å². The monoisotopic (exact) mass is 339 g/mol. The van der Waals surface area contributed by atoms with E-state index in [4.69, 9.17) is 0 Å². The highest BCUT2D eigenvalue weighted by Gasteiger charge is 2.08. The normalized spacial score (nSPS) is 12.4. The predicted molar refractivity (Wildman–Crippen MR) is 80.6 cm³/mol. The number of halogens is 3. The van der Waals surface area contributed by atoms with Gasteiger partial charge in [-0.15, -0.1) is 0 Å². The van der Waals surface area contributed by atoms with Crippen LogP contribution in [0.3, 0.4) is 0 Å². The van der Waals surface area contributed by atoms with Gasteiger partial charge in [0.25, 0.3) is 0 Å². The zero-order valence-electron chi connectivity index (χ0n) is 11.2. The van der Waals surface area contributed by atoms with E-state index in [2.05, 4.69) is 28.2 Å². The van der Waals surface area contributed by atoms with Gasteiger partial charge >= 0.3 is 0 Å². The van der Waals surface area contributed by atoms with Gasteiger partial charge in [-0.2, -0.15) is 0 Å². The van der Waals surface area contributed by atoms with Crippen molar-refractivity contribution in [1.82, 2.24) is 5.32 Å². The molecule has 106 valence electrons. The molecule has 0 aliphatic carbocycles. The minimum absolute atomic E-state index is 0.170. The largest absolute Gasteiger partial charge is 0.310 e. The predicted octanol–water partition coefficient (Wildman–Crippen LogP) is 4.62. The van der Waals surface area contributed by atoms with E-state index < -0.39 is 11.6 Å². The molecule has 0 fully saturated rings. The Morgan fingerprint density at radius 2 is 1.75 bits per heavy atom. The van der Waals surface area contributed by atoms with E-state index in [0.29, 0.717) is 18.5 Å². The van der Waals surface area contributed by atoms with Crippen LogP contribution in [-0.2, 0) is 6.42 Å². The molecule has 0 radical (unpaired) electrons. The van der Waals surface area contributed by atoms with Crippen molar-refractivity contribution >= 4 is 15.9 Å². The van der Waals surface area contributed by atoms with Crippen molar-refractivity contribution in [2.24, 2.45) is 0 Å². The first-order valence-corrected chi connectivity index (χ1v) is 7.28. The first-order valence-electron chi connectivity index (χ1n) is 6.49. The fourth-order valence-electron chi connectivity index (χ4n) is 2.12. The molecule has 1 atom stereocenters. The molecule has 20 heavy (non-hydrogen) atoms. The Balaban J connectivity index is 1.91. The second-order valence-electron chi connectivity index (χ2n) is 4.73. The summed E-state index contributed by atoms with van der Waals surface area (Å²) < 4.78 is 27.2. The molecule has 1 nitrogen and oxygen atoms in total. The van der Waals surface area contributed by atoms with Crippen LogP contribution in [0.4, 0.5) is 8.78 Å². The maximum Gasteiger partial charge on any atom is 0.126 e. The number of rotatable bonds is 5. The minimum Gasteiger partial charge on any atom is -0.310 e. The average molecular weight is 340 g/mol. The van der Waals surface area contributed by atoms with E-state index in [9.17, 15) is 8.78 Å². The number of nitrogens with one attached hydrogen (secondary N) is 1. The molecule has 0 aliphatic rings. The second-order valence-corrected chi connectivity index (χ2v) is 5.58. The maximum atomic E-state index is 13.1. The zero-order chi connectivity index (χ0) is 14.5. The summed E-state index contributed by atoms with van der Waals surface area (Å²) in [6, 6.07) is 11.8. The molecule has 1 unspecified atom stereocenters. The molecule has 0 aromatic heterocycles. The van der Waals surface area contributed by atoms with Gasteiger partial charge in [-0.25, -0.2) is 8.78 Å². The van der Waals surface area contributed by atoms with Crippen LogP contribution in [0.2, 0.25) is 0 Å². The van der Waals surface area contributed by atoms with Gasteiger partial charge in [0.2, 0.25) is 0 Å². The van der Waals surface area contributed by atoms with Gasteiger partial charge in [0.15, 0.2) is 0 Å². The molecule has 0 saturated carbocycles. The van der Waals surface area contributed by atoms with E-state index >= 15 is 0 Å². The maximum absolute atomic E-state index is 13.1. The Hall–Kier alpha value is -1.26. The van der Waals surface area contributed by atoms with Crippen molar-refractivity contribution in [2.45, 2.75) is 19.4 Å². The van der Waals surface area contributed by atoms with E-state index in [-0.39, 0.29) is 6.04 Å². The molecule has 0 bridgehead atoms. The van der Waals surface area contributed by atoms with Crippen LogP contribution >= 0.6 is 15.9 Å². The second kappa shape index (κ2) is 6.95. The molecule has 0 amide bonds. The third kappa shape index (κ3) is 4.12. The van der Waals surface area contributed by atoms with Crippen LogP contribution in [0.25, 0.3) is 0 Å². The fraction of sp³-hybridized carbons (Fsp3) is 0.250. The highest BCUT2D eigenvalue weighted by molar-refractivity contribution is 9.10. The highest BCUT2D eigenvalue weighted by atomic mass is 79.9. The number of benzene rings is 2. The van der Waals surface area contributed by atoms with Crippen LogP contribution in [0.1, 0.15) is 24.1 Å². The molecule has 2 aromatic rings. The van der Waals surface area contributed by atoms with Gasteiger partial charge < -0.3 is 5.32 Å². The topological polar surface area (TPSA) is 12.0 Å². The first kappa shape index (κ1) is 15.1. The van der Waals surface area contributed by atoms with Crippen molar-refractivity contribution < 1.29 is 8.78 Å². The Morgan fingerprint density at radius 3 is 2.40 bits per heavy atom. The summed E-state index contributed by atoms with van der Waals surface area (Å²) in [5, 5.41) is 3.35. The third-order valence-corrected chi connectivity index (χ3v) is 3.88. The smallest absolute Gasteiger partial charge is 0.126 e. The lowest BCUT2D eigenvalue weighted by atomic mass is 10.1. The lowest BCUT2D eigenvalue weighted by Gasteiger charge is -2.15. The standard InChI is InChI=1S/C16H16BrF2N/c1-11(15-4-2-3-5-16(15)17)20-7-6-12-8-13(18)10-14(19)9-12/h2-5,8-11,20H,6-7H2,1H3. The summed E-state index contributed by atoms with van der Waals surface area (Å²) in [5.41, 5.74) is 1.83. The highest BCUT2D eigenvalue weighted by Crippen LogP contribution is 2.22. The summed E-state index contributed by atoms with van der Waals surface area (Å²) in [6.45, 7) is 2.72. The zero-order valence-corrected chi connectivity index (χ0v) is 12.8.